The Morgan fingerprint density at radius 1 is 1.03 bits per heavy atom. The van der Waals surface area contributed by atoms with Crippen LogP contribution in [0.3, 0.4) is 0 Å². The molecule has 2 amide bonds. The normalized spacial score (nSPS) is 18.1. The number of fused-ring (bicyclic) bond motifs is 1. The third kappa shape index (κ3) is 6.04. The Morgan fingerprint density at radius 2 is 1.73 bits per heavy atom. The van der Waals surface area contributed by atoms with E-state index in [0.717, 1.165) is 27.4 Å². The van der Waals surface area contributed by atoms with Crippen molar-refractivity contribution in [2.45, 2.75) is 30.0 Å². The van der Waals surface area contributed by atoms with E-state index in [1.165, 1.54) is 23.1 Å². The second-order valence-corrected chi connectivity index (χ2v) is 10.5. The molecular weight excluding hydrogens is 482 g/mol. The Balaban J connectivity index is 1.36. The first-order valence-corrected chi connectivity index (χ1v) is 12.7. The quantitative estimate of drug-likeness (QED) is 0.367. The van der Waals surface area contributed by atoms with E-state index >= 15 is 0 Å². The summed E-state index contributed by atoms with van der Waals surface area (Å²) in [5.41, 5.74) is 2.07. The maximum absolute atomic E-state index is 12.7. The van der Waals surface area contributed by atoms with Gasteiger partial charge in [-0.15, -0.1) is 11.3 Å². The molecule has 4 rings (SSSR count). The van der Waals surface area contributed by atoms with E-state index < -0.39 is 17.8 Å². The van der Waals surface area contributed by atoms with Crippen molar-refractivity contribution < 1.29 is 19.5 Å². The van der Waals surface area contributed by atoms with Gasteiger partial charge in [-0.25, -0.2) is 4.98 Å². The van der Waals surface area contributed by atoms with Crippen LogP contribution in [-0.4, -0.2) is 33.6 Å². The minimum absolute atomic E-state index is 0.144. The summed E-state index contributed by atoms with van der Waals surface area (Å²) < 4.78 is 1.63. The molecule has 172 valence electrons. The maximum atomic E-state index is 12.7. The van der Waals surface area contributed by atoms with Crippen LogP contribution in [0.4, 0.5) is 11.4 Å². The number of nitrogens with zero attached hydrogens (tertiary/aromatic N) is 1. The van der Waals surface area contributed by atoms with E-state index in [2.05, 4.69) is 15.6 Å². The smallest absolute Gasteiger partial charge is 0.307 e. The van der Waals surface area contributed by atoms with Gasteiger partial charge in [0.1, 0.15) is 0 Å². The highest BCUT2D eigenvalue weighted by Gasteiger charge is 2.35. The van der Waals surface area contributed by atoms with Crippen LogP contribution < -0.4 is 10.6 Å². The third-order valence-electron chi connectivity index (χ3n) is 5.51. The summed E-state index contributed by atoms with van der Waals surface area (Å²) in [5, 5.41) is 15.7. The zero-order valence-corrected chi connectivity index (χ0v) is 19.9. The van der Waals surface area contributed by atoms with Gasteiger partial charge in [0.15, 0.2) is 4.34 Å². The van der Waals surface area contributed by atoms with Gasteiger partial charge in [-0.2, -0.15) is 0 Å². The van der Waals surface area contributed by atoms with Gasteiger partial charge in [-0.3, -0.25) is 14.4 Å². The average Bonchev–Trinajstić information content (AvgIpc) is 3.21. The number of nitrogens with one attached hydrogen (secondary N) is 2. The standard InChI is InChI=1S/C23H22ClN3O4S2/c24-13-5-7-14(8-6-13)25-20(28)12-32-23-27-18-10-9-15(11-19(18)33-23)26-21(29)16-3-1-2-4-17(16)22(30)31/h5-11,16-17H,1-4,12H2,(H,25,28)(H,26,29)(H,30,31)/t16-,17+/m1/s1. The molecule has 3 aromatic rings. The summed E-state index contributed by atoms with van der Waals surface area (Å²) in [5.74, 6) is -2.24. The van der Waals surface area contributed by atoms with Crippen molar-refractivity contribution in [1.29, 1.82) is 0 Å². The van der Waals surface area contributed by atoms with Crippen molar-refractivity contribution in [2.75, 3.05) is 16.4 Å². The van der Waals surface area contributed by atoms with E-state index in [-0.39, 0.29) is 17.6 Å². The van der Waals surface area contributed by atoms with Gasteiger partial charge in [0.25, 0.3) is 0 Å². The number of carbonyl (C=O) groups excluding carboxylic acids is 2. The van der Waals surface area contributed by atoms with Crippen LogP contribution in [-0.2, 0) is 14.4 Å². The molecule has 1 heterocycles. The SMILES string of the molecule is O=C(CSc1nc2ccc(NC(=O)[C@@H]3CCCC[C@@H]3C(=O)O)cc2s1)Nc1ccc(Cl)cc1. The van der Waals surface area contributed by atoms with Gasteiger partial charge in [0, 0.05) is 16.4 Å². The number of anilines is 2. The van der Waals surface area contributed by atoms with E-state index in [9.17, 15) is 19.5 Å². The van der Waals surface area contributed by atoms with Crippen LogP contribution >= 0.6 is 34.7 Å². The first-order valence-electron chi connectivity index (χ1n) is 10.5. The van der Waals surface area contributed by atoms with Crippen molar-refractivity contribution in [2.24, 2.45) is 11.8 Å². The number of amides is 2. The highest BCUT2D eigenvalue weighted by molar-refractivity contribution is 8.01. The van der Waals surface area contributed by atoms with Crippen LogP contribution in [0.5, 0.6) is 0 Å². The molecule has 2 atom stereocenters. The predicted octanol–water partition coefficient (Wildman–Crippen LogP) is 5.51. The fourth-order valence-electron chi connectivity index (χ4n) is 3.88. The van der Waals surface area contributed by atoms with Gasteiger partial charge in [0.05, 0.1) is 27.8 Å². The molecule has 1 saturated carbocycles. The lowest BCUT2D eigenvalue weighted by Gasteiger charge is -2.27. The lowest BCUT2D eigenvalue weighted by Crippen LogP contribution is -2.36. The average molecular weight is 504 g/mol. The predicted molar refractivity (Wildman–Crippen MR) is 132 cm³/mol. The van der Waals surface area contributed by atoms with Crippen LogP contribution in [0.25, 0.3) is 10.2 Å². The summed E-state index contributed by atoms with van der Waals surface area (Å²) in [6.07, 6.45) is 2.83. The topological polar surface area (TPSA) is 108 Å². The number of hydrogen-bond acceptors (Lipinski definition) is 6. The number of halogens is 1. The molecular formula is C23H22ClN3O4S2. The Morgan fingerprint density at radius 3 is 2.45 bits per heavy atom. The molecule has 0 saturated heterocycles. The Labute approximate surface area is 203 Å². The van der Waals surface area contributed by atoms with E-state index in [1.807, 2.05) is 12.1 Å². The van der Waals surface area contributed by atoms with Crippen LogP contribution in [0.2, 0.25) is 5.02 Å². The first-order chi connectivity index (χ1) is 15.9. The highest BCUT2D eigenvalue weighted by atomic mass is 35.5. The summed E-state index contributed by atoms with van der Waals surface area (Å²) in [7, 11) is 0. The minimum Gasteiger partial charge on any atom is -0.481 e. The van der Waals surface area contributed by atoms with E-state index in [1.54, 1.807) is 30.3 Å². The number of rotatable bonds is 7. The molecule has 0 spiro atoms. The molecule has 33 heavy (non-hydrogen) atoms. The fraction of sp³-hybridized carbons (Fsp3) is 0.304. The number of carbonyl (C=O) groups is 3. The molecule has 10 heteroatoms. The number of benzene rings is 2. The van der Waals surface area contributed by atoms with Crippen LogP contribution in [0.1, 0.15) is 25.7 Å². The lowest BCUT2D eigenvalue weighted by atomic mass is 9.78. The molecule has 0 radical (unpaired) electrons. The van der Waals surface area contributed by atoms with Crippen molar-refractivity contribution in [3.63, 3.8) is 0 Å². The summed E-state index contributed by atoms with van der Waals surface area (Å²) >= 11 is 8.63. The van der Waals surface area contributed by atoms with Crippen molar-refractivity contribution in [1.82, 2.24) is 4.98 Å². The fourth-order valence-corrected chi connectivity index (χ4v) is 5.91. The number of hydrogen-bond donors (Lipinski definition) is 3. The summed E-state index contributed by atoms with van der Waals surface area (Å²) in [6.45, 7) is 0. The molecule has 2 aromatic carbocycles. The number of carboxylic acid groups (broad SMARTS) is 1. The number of carboxylic acids is 1. The Kier molecular flexibility index (Phi) is 7.52. The maximum Gasteiger partial charge on any atom is 0.307 e. The first kappa shape index (κ1) is 23.5. The molecule has 0 unspecified atom stereocenters. The number of thioether (sulfide) groups is 1. The number of aromatic nitrogens is 1. The third-order valence-corrected chi connectivity index (χ3v) is 7.92. The molecule has 1 aliphatic rings. The lowest BCUT2D eigenvalue weighted by molar-refractivity contribution is -0.147. The molecule has 0 aliphatic heterocycles. The van der Waals surface area contributed by atoms with Gasteiger partial charge >= 0.3 is 5.97 Å². The molecule has 3 N–H and O–H groups in total. The number of aliphatic carboxylic acids is 1. The van der Waals surface area contributed by atoms with Gasteiger partial charge in [-0.05, 0) is 55.3 Å². The highest BCUT2D eigenvalue weighted by Crippen LogP contribution is 2.33. The van der Waals surface area contributed by atoms with E-state index in [0.29, 0.717) is 29.2 Å². The Hall–Kier alpha value is -2.62. The molecule has 1 aliphatic carbocycles. The van der Waals surface area contributed by atoms with Crippen molar-refractivity contribution in [3.05, 3.63) is 47.5 Å². The van der Waals surface area contributed by atoms with Gasteiger partial charge in [-0.1, -0.05) is 36.2 Å². The minimum atomic E-state index is -0.908. The van der Waals surface area contributed by atoms with Crippen LogP contribution in [0.15, 0.2) is 46.8 Å². The second kappa shape index (κ2) is 10.5. The van der Waals surface area contributed by atoms with Gasteiger partial charge < -0.3 is 15.7 Å². The Bertz CT molecular complexity index is 1180. The zero-order valence-electron chi connectivity index (χ0n) is 17.5. The summed E-state index contributed by atoms with van der Waals surface area (Å²) in [4.78, 5) is 41.0. The molecule has 7 nitrogen and oxygen atoms in total. The second-order valence-electron chi connectivity index (χ2n) is 7.83. The molecule has 1 aromatic heterocycles. The molecule has 0 bridgehead atoms. The van der Waals surface area contributed by atoms with E-state index in [4.69, 9.17) is 11.6 Å². The molecule has 1 fully saturated rings. The van der Waals surface area contributed by atoms with Crippen molar-refractivity contribution >= 4 is 74.1 Å². The monoisotopic (exact) mass is 503 g/mol. The largest absolute Gasteiger partial charge is 0.481 e. The van der Waals surface area contributed by atoms with Crippen molar-refractivity contribution in [3.8, 4) is 0 Å². The zero-order chi connectivity index (χ0) is 23.4. The van der Waals surface area contributed by atoms with Gasteiger partial charge in [0.2, 0.25) is 11.8 Å². The summed E-state index contributed by atoms with van der Waals surface area (Å²) in [6, 6.07) is 12.3. The van der Waals surface area contributed by atoms with Crippen LogP contribution in [0, 0.1) is 11.8 Å². The number of thiazole rings is 1.